The van der Waals surface area contributed by atoms with Crippen LogP contribution in [0, 0.1) is 0 Å². The van der Waals surface area contributed by atoms with Gasteiger partial charge >= 0.3 is 6.09 Å². The Morgan fingerprint density at radius 3 is 2.50 bits per heavy atom. The minimum atomic E-state index is -0.834. The topological polar surface area (TPSA) is 97.2 Å². The Morgan fingerprint density at radius 2 is 1.93 bits per heavy atom. The van der Waals surface area contributed by atoms with E-state index < -0.39 is 18.3 Å². The summed E-state index contributed by atoms with van der Waals surface area (Å²) < 4.78 is 17.2. The number of benzene rings is 2. The van der Waals surface area contributed by atoms with Crippen molar-refractivity contribution in [1.82, 2.24) is 0 Å². The van der Waals surface area contributed by atoms with E-state index in [4.69, 9.17) is 14.2 Å². The third-order valence-corrected chi connectivity index (χ3v) is 4.52. The number of carbonyl (C=O) groups is 1. The summed E-state index contributed by atoms with van der Waals surface area (Å²) in [6.45, 7) is 2.05. The lowest BCUT2D eigenvalue weighted by Crippen LogP contribution is -2.29. The standard InChI is InChI=1S/C20H24BrNO6/c1-3-27-18(10-11-23)19(13-4-9-17(26-2)16(24)12-13)28-20(25)22-15-7-5-14(21)6-8-15/h4-9,12,18-19,23-24H,3,10-11H2,1-2H3,(H,22,25)/t18-,19-/m1/s1. The first-order chi connectivity index (χ1) is 13.5. The zero-order valence-electron chi connectivity index (χ0n) is 15.7. The molecule has 2 rings (SSSR count). The number of rotatable bonds is 9. The molecule has 3 N–H and O–H groups in total. The number of phenols is 1. The van der Waals surface area contributed by atoms with E-state index in [1.807, 2.05) is 6.92 Å². The fourth-order valence-electron chi connectivity index (χ4n) is 2.70. The highest BCUT2D eigenvalue weighted by Crippen LogP contribution is 2.33. The smallest absolute Gasteiger partial charge is 0.412 e. The normalized spacial score (nSPS) is 12.9. The molecule has 0 unspecified atom stereocenters. The van der Waals surface area contributed by atoms with Crippen LogP contribution in [0.15, 0.2) is 46.9 Å². The summed E-state index contributed by atoms with van der Waals surface area (Å²) in [4.78, 5) is 12.5. The first kappa shape index (κ1) is 22.0. The molecule has 0 bridgehead atoms. The van der Waals surface area contributed by atoms with E-state index in [1.165, 1.54) is 13.2 Å². The molecule has 1 amide bonds. The molecule has 0 aliphatic heterocycles. The van der Waals surface area contributed by atoms with Gasteiger partial charge in [-0.3, -0.25) is 5.32 Å². The van der Waals surface area contributed by atoms with Crippen molar-refractivity contribution in [2.24, 2.45) is 0 Å². The van der Waals surface area contributed by atoms with Crippen molar-refractivity contribution < 1.29 is 29.2 Å². The van der Waals surface area contributed by atoms with Gasteiger partial charge in [-0.1, -0.05) is 22.0 Å². The van der Waals surface area contributed by atoms with Crippen LogP contribution in [0.25, 0.3) is 0 Å². The molecule has 0 aliphatic carbocycles. The number of aliphatic hydroxyl groups excluding tert-OH is 1. The number of aromatic hydroxyl groups is 1. The van der Waals surface area contributed by atoms with Gasteiger partial charge in [-0.2, -0.15) is 0 Å². The van der Waals surface area contributed by atoms with Crippen LogP contribution in [0.5, 0.6) is 11.5 Å². The summed E-state index contributed by atoms with van der Waals surface area (Å²) in [7, 11) is 1.45. The van der Waals surface area contributed by atoms with Crippen LogP contribution in [-0.2, 0) is 9.47 Å². The van der Waals surface area contributed by atoms with Crippen molar-refractivity contribution >= 4 is 27.7 Å². The Bertz CT molecular complexity index is 762. The Balaban J connectivity index is 2.25. The molecule has 0 radical (unpaired) electrons. The van der Waals surface area contributed by atoms with Crippen LogP contribution in [0.2, 0.25) is 0 Å². The van der Waals surface area contributed by atoms with Gasteiger partial charge in [0.1, 0.15) is 6.10 Å². The molecule has 152 valence electrons. The molecule has 0 aliphatic rings. The van der Waals surface area contributed by atoms with E-state index in [2.05, 4.69) is 21.2 Å². The summed E-state index contributed by atoms with van der Waals surface area (Å²) in [6, 6.07) is 11.8. The van der Waals surface area contributed by atoms with Gasteiger partial charge in [-0.15, -0.1) is 0 Å². The minimum Gasteiger partial charge on any atom is -0.504 e. The first-order valence-electron chi connectivity index (χ1n) is 8.81. The maximum absolute atomic E-state index is 12.5. The van der Waals surface area contributed by atoms with Crippen LogP contribution in [-0.4, -0.2) is 42.7 Å². The summed E-state index contributed by atoms with van der Waals surface area (Å²) in [5, 5.41) is 22.1. The predicted molar refractivity (Wildman–Crippen MR) is 109 cm³/mol. The van der Waals surface area contributed by atoms with E-state index in [9.17, 15) is 15.0 Å². The fraction of sp³-hybridized carbons (Fsp3) is 0.350. The quantitative estimate of drug-likeness (QED) is 0.525. The van der Waals surface area contributed by atoms with Crippen LogP contribution in [0.3, 0.4) is 0 Å². The average Bonchev–Trinajstić information content (AvgIpc) is 2.68. The molecule has 0 spiro atoms. The Morgan fingerprint density at radius 1 is 1.21 bits per heavy atom. The number of hydrogen-bond acceptors (Lipinski definition) is 6. The van der Waals surface area contributed by atoms with Gasteiger partial charge in [0.2, 0.25) is 0 Å². The zero-order valence-corrected chi connectivity index (χ0v) is 17.3. The molecule has 28 heavy (non-hydrogen) atoms. The van der Waals surface area contributed by atoms with E-state index in [0.717, 1.165) is 4.47 Å². The predicted octanol–water partition coefficient (Wildman–Crippen LogP) is 4.24. The van der Waals surface area contributed by atoms with Gasteiger partial charge in [0, 0.05) is 29.8 Å². The Hall–Kier alpha value is -2.29. The highest BCUT2D eigenvalue weighted by molar-refractivity contribution is 9.10. The van der Waals surface area contributed by atoms with Gasteiger partial charge < -0.3 is 24.4 Å². The van der Waals surface area contributed by atoms with Crippen molar-refractivity contribution in [2.45, 2.75) is 25.6 Å². The molecule has 0 fully saturated rings. The number of methoxy groups -OCH3 is 1. The third-order valence-electron chi connectivity index (χ3n) is 3.99. The van der Waals surface area contributed by atoms with Gasteiger partial charge in [-0.05, 0) is 48.9 Å². The Labute approximate surface area is 172 Å². The van der Waals surface area contributed by atoms with Gasteiger partial charge in [0.15, 0.2) is 17.6 Å². The summed E-state index contributed by atoms with van der Waals surface area (Å²) in [5.41, 5.74) is 1.09. The number of nitrogens with one attached hydrogen (secondary N) is 1. The number of phenolic OH excluding ortho intramolecular Hbond substituents is 1. The van der Waals surface area contributed by atoms with Crippen molar-refractivity contribution in [3.63, 3.8) is 0 Å². The number of anilines is 1. The number of ether oxygens (including phenoxy) is 3. The average molecular weight is 454 g/mol. The van der Waals surface area contributed by atoms with Crippen molar-refractivity contribution in [3.8, 4) is 11.5 Å². The maximum Gasteiger partial charge on any atom is 0.412 e. The number of halogens is 1. The van der Waals surface area contributed by atoms with Crippen molar-refractivity contribution in [2.75, 3.05) is 25.6 Å². The molecule has 0 saturated carbocycles. The molecule has 8 heteroatoms. The van der Waals surface area contributed by atoms with Crippen molar-refractivity contribution in [3.05, 3.63) is 52.5 Å². The molecule has 2 atom stereocenters. The monoisotopic (exact) mass is 453 g/mol. The number of carbonyl (C=O) groups excluding carboxylic acids is 1. The molecule has 0 saturated heterocycles. The maximum atomic E-state index is 12.5. The lowest BCUT2D eigenvalue weighted by atomic mass is 10.0. The fourth-order valence-corrected chi connectivity index (χ4v) is 2.97. The largest absolute Gasteiger partial charge is 0.504 e. The number of amides is 1. The molecule has 2 aromatic rings. The highest BCUT2D eigenvalue weighted by atomic mass is 79.9. The second-order valence-electron chi connectivity index (χ2n) is 5.90. The van der Waals surface area contributed by atoms with Crippen LogP contribution < -0.4 is 10.1 Å². The van der Waals surface area contributed by atoms with E-state index in [1.54, 1.807) is 36.4 Å². The van der Waals surface area contributed by atoms with E-state index in [-0.39, 0.29) is 18.8 Å². The lowest BCUT2D eigenvalue weighted by Gasteiger charge is -2.27. The van der Waals surface area contributed by atoms with Crippen LogP contribution in [0.1, 0.15) is 25.0 Å². The Kier molecular flexibility index (Phi) is 8.56. The summed E-state index contributed by atoms with van der Waals surface area (Å²) in [6.07, 6.45) is -1.83. The molecule has 0 heterocycles. The number of hydrogen-bond donors (Lipinski definition) is 3. The van der Waals surface area contributed by atoms with Gasteiger partial charge in [-0.25, -0.2) is 4.79 Å². The molecular formula is C20H24BrNO6. The number of aliphatic hydroxyl groups is 1. The second-order valence-corrected chi connectivity index (χ2v) is 6.81. The highest BCUT2D eigenvalue weighted by Gasteiger charge is 2.28. The van der Waals surface area contributed by atoms with E-state index >= 15 is 0 Å². The summed E-state index contributed by atoms with van der Waals surface area (Å²) >= 11 is 3.34. The molecule has 0 aromatic heterocycles. The van der Waals surface area contributed by atoms with Gasteiger partial charge in [0.05, 0.1) is 7.11 Å². The third kappa shape index (κ3) is 6.12. The minimum absolute atomic E-state index is 0.0823. The zero-order chi connectivity index (χ0) is 20.5. The molecular weight excluding hydrogens is 430 g/mol. The molecule has 7 nitrogen and oxygen atoms in total. The SMILES string of the molecule is CCO[C@H](CCO)[C@H](OC(=O)Nc1ccc(Br)cc1)c1ccc(OC)c(O)c1. The lowest BCUT2D eigenvalue weighted by molar-refractivity contribution is -0.0484. The van der Waals surface area contributed by atoms with E-state index in [0.29, 0.717) is 23.6 Å². The molecule has 2 aromatic carbocycles. The first-order valence-corrected chi connectivity index (χ1v) is 9.60. The van der Waals surface area contributed by atoms with Gasteiger partial charge in [0.25, 0.3) is 0 Å². The van der Waals surface area contributed by atoms with Crippen LogP contribution in [0.4, 0.5) is 10.5 Å². The summed E-state index contributed by atoms with van der Waals surface area (Å²) in [5.74, 6) is 0.220. The van der Waals surface area contributed by atoms with Crippen LogP contribution >= 0.6 is 15.9 Å². The second kappa shape index (κ2) is 10.9. The van der Waals surface area contributed by atoms with Crippen molar-refractivity contribution in [1.29, 1.82) is 0 Å².